The number of methoxy groups -OCH3 is 2. The number of nitrogens with zero attached hydrogens (tertiary/aromatic N) is 2. The van der Waals surface area contributed by atoms with Crippen LogP contribution in [0.25, 0.3) is 11.3 Å². The standard InChI is InChI=1S/C13H17N3O2/c1-8-5-11(17-3)12(18-4)6-9(8)10-7-16(2)13(14)15-10/h5-7H,1-4H3,(H2,14,15). The maximum atomic E-state index is 5.75. The van der Waals surface area contributed by atoms with E-state index in [0.29, 0.717) is 17.4 Å². The molecule has 0 aliphatic carbocycles. The number of aryl methyl sites for hydroxylation is 2. The summed E-state index contributed by atoms with van der Waals surface area (Å²) in [6.07, 6.45) is 1.89. The van der Waals surface area contributed by atoms with Crippen molar-refractivity contribution >= 4 is 5.95 Å². The molecule has 5 nitrogen and oxygen atoms in total. The maximum absolute atomic E-state index is 5.75. The van der Waals surface area contributed by atoms with E-state index >= 15 is 0 Å². The van der Waals surface area contributed by atoms with Crippen molar-refractivity contribution < 1.29 is 9.47 Å². The number of rotatable bonds is 3. The second-order valence-electron chi connectivity index (χ2n) is 4.12. The van der Waals surface area contributed by atoms with Gasteiger partial charge in [0.1, 0.15) is 0 Å². The van der Waals surface area contributed by atoms with Crippen LogP contribution in [0.4, 0.5) is 5.95 Å². The van der Waals surface area contributed by atoms with Crippen LogP contribution < -0.4 is 15.2 Å². The lowest BCUT2D eigenvalue weighted by atomic mass is 10.1. The topological polar surface area (TPSA) is 62.3 Å². The summed E-state index contributed by atoms with van der Waals surface area (Å²) in [5.74, 6) is 1.88. The first-order valence-corrected chi connectivity index (χ1v) is 5.58. The molecule has 2 aromatic rings. The summed E-state index contributed by atoms with van der Waals surface area (Å²) in [5.41, 5.74) is 8.62. The van der Waals surface area contributed by atoms with Crippen LogP contribution in [-0.4, -0.2) is 23.8 Å². The zero-order valence-corrected chi connectivity index (χ0v) is 11.0. The Morgan fingerprint density at radius 3 is 2.28 bits per heavy atom. The minimum atomic E-state index is 0.485. The minimum absolute atomic E-state index is 0.485. The number of anilines is 1. The molecule has 5 heteroatoms. The van der Waals surface area contributed by atoms with Crippen molar-refractivity contribution in [1.82, 2.24) is 9.55 Å². The second kappa shape index (κ2) is 4.60. The number of hydrogen-bond acceptors (Lipinski definition) is 4. The van der Waals surface area contributed by atoms with Crippen molar-refractivity contribution in [2.45, 2.75) is 6.92 Å². The van der Waals surface area contributed by atoms with Gasteiger partial charge < -0.3 is 19.8 Å². The number of imidazole rings is 1. The van der Waals surface area contributed by atoms with E-state index in [1.165, 1.54) is 0 Å². The van der Waals surface area contributed by atoms with Crippen molar-refractivity contribution in [1.29, 1.82) is 0 Å². The summed E-state index contributed by atoms with van der Waals surface area (Å²) in [6, 6.07) is 3.84. The third-order valence-electron chi connectivity index (χ3n) is 2.92. The van der Waals surface area contributed by atoms with E-state index in [4.69, 9.17) is 15.2 Å². The molecule has 0 unspecified atom stereocenters. The summed E-state index contributed by atoms with van der Waals surface area (Å²) < 4.78 is 12.3. The van der Waals surface area contributed by atoms with Crippen LogP contribution in [0.1, 0.15) is 5.56 Å². The second-order valence-corrected chi connectivity index (χ2v) is 4.12. The van der Waals surface area contributed by atoms with Gasteiger partial charge in [-0.3, -0.25) is 0 Å². The summed E-state index contributed by atoms with van der Waals surface area (Å²) in [7, 11) is 5.10. The van der Waals surface area contributed by atoms with E-state index in [-0.39, 0.29) is 0 Å². The highest BCUT2D eigenvalue weighted by atomic mass is 16.5. The molecule has 1 aromatic heterocycles. The average molecular weight is 247 g/mol. The van der Waals surface area contributed by atoms with E-state index in [1.54, 1.807) is 18.8 Å². The highest BCUT2D eigenvalue weighted by Crippen LogP contribution is 2.35. The lowest BCUT2D eigenvalue weighted by molar-refractivity contribution is 0.355. The molecule has 0 amide bonds. The molecule has 1 aromatic carbocycles. The number of ether oxygens (including phenoxy) is 2. The first kappa shape index (κ1) is 12.3. The van der Waals surface area contributed by atoms with E-state index in [0.717, 1.165) is 16.8 Å². The highest BCUT2D eigenvalue weighted by molar-refractivity contribution is 5.68. The summed E-state index contributed by atoms with van der Waals surface area (Å²) in [4.78, 5) is 4.32. The fraction of sp³-hybridized carbons (Fsp3) is 0.308. The van der Waals surface area contributed by atoms with E-state index in [9.17, 15) is 0 Å². The Hall–Kier alpha value is -2.17. The number of hydrogen-bond donors (Lipinski definition) is 1. The fourth-order valence-electron chi connectivity index (χ4n) is 1.87. The van der Waals surface area contributed by atoms with Gasteiger partial charge in [-0.15, -0.1) is 0 Å². The molecular weight excluding hydrogens is 230 g/mol. The predicted octanol–water partition coefficient (Wildman–Crippen LogP) is 1.99. The summed E-state index contributed by atoms with van der Waals surface area (Å²) >= 11 is 0. The van der Waals surface area contributed by atoms with E-state index in [1.807, 2.05) is 32.3 Å². The molecule has 2 rings (SSSR count). The van der Waals surface area contributed by atoms with Gasteiger partial charge in [-0.2, -0.15) is 0 Å². The number of nitrogen functional groups attached to an aromatic ring is 1. The van der Waals surface area contributed by atoms with Crippen LogP contribution in [0.15, 0.2) is 18.3 Å². The smallest absolute Gasteiger partial charge is 0.200 e. The Bertz CT molecular complexity index is 556. The van der Waals surface area contributed by atoms with Gasteiger partial charge in [-0.1, -0.05) is 0 Å². The van der Waals surface area contributed by atoms with Crippen molar-refractivity contribution in [3.05, 3.63) is 23.9 Å². The Labute approximate surface area is 106 Å². The normalized spacial score (nSPS) is 10.4. The number of nitrogens with two attached hydrogens (primary N) is 1. The van der Waals surface area contributed by atoms with Crippen LogP contribution in [0.2, 0.25) is 0 Å². The molecule has 0 spiro atoms. The van der Waals surface area contributed by atoms with Crippen molar-refractivity contribution in [3.63, 3.8) is 0 Å². The molecule has 0 aliphatic rings. The fourth-order valence-corrected chi connectivity index (χ4v) is 1.87. The van der Waals surface area contributed by atoms with Gasteiger partial charge in [0.2, 0.25) is 0 Å². The Morgan fingerprint density at radius 2 is 1.78 bits per heavy atom. The molecule has 1 heterocycles. The van der Waals surface area contributed by atoms with Crippen molar-refractivity contribution in [2.75, 3.05) is 20.0 Å². The van der Waals surface area contributed by atoms with Crippen LogP contribution in [-0.2, 0) is 7.05 Å². The third-order valence-corrected chi connectivity index (χ3v) is 2.92. The first-order valence-electron chi connectivity index (χ1n) is 5.58. The molecule has 0 saturated carbocycles. The summed E-state index contributed by atoms with van der Waals surface area (Å²) in [5, 5.41) is 0. The van der Waals surface area contributed by atoms with Gasteiger partial charge in [0, 0.05) is 18.8 Å². The Morgan fingerprint density at radius 1 is 1.17 bits per heavy atom. The largest absolute Gasteiger partial charge is 0.493 e. The molecule has 18 heavy (non-hydrogen) atoms. The van der Waals surface area contributed by atoms with Crippen LogP contribution >= 0.6 is 0 Å². The zero-order chi connectivity index (χ0) is 13.3. The molecule has 0 fully saturated rings. The van der Waals surface area contributed by atoms with E-state index in [2.05, 4.69) is 4.98 Å². The molecular formula is C13H17N3O2. The van der Waals surface area contributed by atoms with Gasteiger partial charge >= 0.3 is 0 Å². The van der Waals surface area contributed by atoms with Gasteiger partial charge in [-0.05, 0) is 24.6 Å². The number of aromatic nitrogens is 2. The lowest BCUT2D eigenvalue weighted by Gasteiger charge is -2.11. The molecule has 2 N–H and O–H groups in total. The van der Waals surface area contributed by atoms with Crippen molar-refractivity contribution in [3.8, 4) is 22.8 Å². The molecule has 0 atom stereocenters. The molecule has 0 radical (unpaired) electrons. The summed E-state index contributed by atoms with van der Waals surface area (Å²) in [6.45, 7) is 2.00. The van der Waals surface area contributed by atoms with Crippen molar-refractivity contribution in [2.24, 2.45) is 7.05 Å². The SMILES string of the molecule is COc1cc(C)c(-c2cn(C)c(N)n2)cc1OC. The Kier molecular flexibility index (Phi) is 3.14. The maximum Gasteiger partial charge on any atom is 0.200 e. The molecule has 0 aliphatic heterocycles. The number of benzene rings is 1. The molecule has 0 saturated heterocycles. The average Bonchev–Trinajstić information content (AvgIpc) is 2.69. The van der Waals surface area contributed by atoms with Crippen LogP contribution in [0.5, 0.6) is 11.5 Å². The van der Waals surface area contributed by atoms with Gasteiger partial charge in [0.25, 0.3) is 0 Å². The van der Waals surface area contributed by atoms with Gasteiger partial charge in [0.05, 0.1) is 19.9 Å². The van der Waals surface area contributed by atoms with Crippen LogP contribution in [0, 0.1) is 6.92 Å². The van der Waals surface area contributed by atoms with Crippen LogP contribution in [0.3, 0.4) is 0 Å². The highest BCUT2D eigenvalue weighted by Gasteiger charge is 2.12. The van der Waals surface area contributed by atoms with Gasteiger partial charge in [-0.25, -0.2) is 4.98 Å². The molecule has 96 valence electrons. The van der Waals surface area contributed by atoms with Gasteiger partial charge in [0.15, 0.2) is 17.4 Å². The van der Waals surface area contributed by atoms with E-state index < -0.39 is 0 Å². The zero-order valence-electron chi connectivity index (χ0n) is 11.0. The quantitative estimate of drug-likeness (QED) is 0.901. The minimum Gasteiger partial charge on any atom is -0.493 e. The third kappa shape index (κ3) is 1.99. The lowest BCUT2D eigenvalue weighted by Crippen LogP contribution is -1.95. The monoisotopic (exact) mass is 247 g/mol. The Balaban J connectivity index is 2.57. The first-order chi connectivity index (χ1) is 8.56. The predicted molar refractivity (Wildman–Crippen MR) is 70.9 cm³/mol. The molecule has 0 bridgehead atoms.